The maximum absolute atomic E-state index is 14.7. The van der Waals surface area contributed by atoms with Crippen LogP contribution in [0.15, 0.2) is 60.9 Å². The fourth-order valence-electron chi connectivity index (χ4n) is 3.64. The first-order valence-electron chi connectivity index (χ1n) is 10.6. The molecule has 0 bridgehead atoms. The number of anilines is 2. The molecule has 4 rings (SSSR count). The number of halogens is 5. The van der Waals surface area contributed by atoms with E-state index < -0.39 is 23.5 Å². The predicted molar refractivity (Wildman–Crippen MR) is 133 cm³/mol. The zero-order valence-electron chi connectivity index (χ0n) is 18.4. The molecular weight excluding hydrogens is 595 g/mol. The molecule has 3 N–H and O–H groups in total. The number of hydrogen-bond donors (Lipinski definition) is 3. The third-order valence-electron chi connectivity index (χ3n) is 5.25. The summed E-state index contributed by atoms with van der Waals surface area (Å²) in [6.07, 6.45) is -1.48. The minimum Gasteiger partial charge on any atom is -0.394 e. The number of carbonyl (C=O) groups excluding carboxylic acids is 1. The van der Waals surface area contributed by atoms with Crippen LogP contribution in [-0.4, -0.2) is 33.8 Å². The monoisotopic (exact) mass is 614 g/mol. The van der Waals surface area contributed by atoms with Crippen LogP contribution >= 0.6 is 22.6 Å². The summed E-state index contributed by atoms with van der Waals surface area (Å²) in [7, 11) is 0. The summed E-state index contributed by atoms with van der Waals surface area (Å²) in [5.41, 5.74) is 2.85. The summed E-state index contributed by atoms with van der Waals surface area (Å²) in [6.45, 7) is -0.475. The molecule has 1 amide bonds. The van der Waals surface area contributed by atoms with Crippen LogP contribution < -0.4 is 10.8 Å². The van der Waals surface area contributed by atoms with Crippen molar-refractivity contribution in [3.63, 3.8) is 0 Å². The fraction of sp³-hybridized carbons (Fsp3) is 0.167. The Bertz CT molecular complexity index is 1390. The number of amides is 1. The number of nitrogens with one attached hydrogen (secondary N) is 2. The van der Waals surface area contributed by atoms with Crippen molar-refractivity contribution in [2.75, 3.05) is 18.5 Å². The number of aromatic nitrogens is 2. The van der Waals surface area contributed by atoms with Gasteiger partial charge in [0.1, 0.15) is 11.5 Å². The highest BCUT2D eigenvalue weighted by Gasteiger charge is 2.30. The molecule has 0 aliphatic heterocycles. The first-order valence-corrected chi connectivity index (χ1v) is 11.6. The summed E-state index contributed by atoms with van der Waals surface area (Å²) in [4.78, 5) is 22.3. The van der Waals surface area contributed by atoms with Crippen molar-refractivity contribution in [2.45, 2.75) is 12.7 Å². The van der Waals surface area contributed by atoms with Crippen LogP contribution in [0.1, 0.15) is 21.6 Å². The lowest BCUT2D eigenvalue weighted by Gasteiger charge is -2.14. The van der Waals surface area contributed by atoms with Crippen LogP contribution in [0.25, 0.3) is 10.9 Å². The summed E-state index contributed by atoms with van der Waals surface area (Å²) >= 11 is 1.97. The molecule has 188 valence electrons. The normalized spacial score (nSPS) is 11.6. The molecular formula is C24H19F4IN4O3. The van der Waals surface area contributed by atoms with Gasteiger partial charge in [0.05, 0.1) is 35.7 Å². The fourth-order valence-corrected chi connectivity index (χ4v) is 4.10. The third-order valence-corrected chi connectivity index (χ3v) is 5.92. The van der Waals surface area contributed by atoms with Crippen molar-refractivity contribution < 1.29 is 32.3 Å². The molecule has 0 spiro atoms. The molecule has 12 heteroatoms. The van der Waals surface area contributed by atoms with Gasteiger partial charge in [0, 0.05) is 27.9 Å². The Balaban J connectivity index is 1.83. The van der Waals surface area contributed by atoms with E-state index in [-0.39, 0.29) is 36.8 Å². The number of aliphatic hydroxyl groups is 1. The zero-order chi connectivity index (χ0) is 25.9. The number of aliphatic hydroxyl groups excluding tert-OH is 1. The standard InChI is InChI=1S/C24H19F4IN4O3/c25-18-11-16(29)5-6-19(18)31-21-17-12-30-8-7-20(17)33(22(21)23(35)32-36-10-9-34)13-14-1-3-15(4-2-14)24(26,27)28/h1-8,11-12,31,34H,9-10,13H2,(H,32,35). The number of hydrogen-bond acceptors (Lipinski definition) is 5. The van der Waals surface area contributed by atoms with E-state index in [4.69, 9.17) is 9.94 Å². The Morgan fingerprint density at radius 1 is 1.14 bits per heavy atom. The Labute approximate surface area is 216 Å². The second-order valence-corrected chi connectivity index (χ2v) is 8.90. The van der Waals surface area contributed by atoms with Gasteiger partial charge in [-0.15, -0.1) is 0 Å². The van der Waals surface area contributed by atoms with Gasteiger partial charge in [-0.2, -0.15) is 13.2 Å². The Morgan fingerprint density at radius 3 is 2.56 bits per heavy atom. The van der Waals surface area contributed by atoms with Crippen LogP contribution in [0.2, 0.25) is 0 Å². The minimum atomic E-state index is -4.48. The van der Waals surface area contributed by atoms with E-state index in [1.807, 2.05) is 22.6 Å². The van der Waals surface area contributed by atoms with E-state index in [0.717, 1.165) is 12.1 Å². The van der Waals surface area contributed by atoms with Gasteiger partial charge in [0.15, 0.2) is 0 Å². The van der Waals surface area contributed by atoms with Crippen molar-refractivity contribution in [3.05, 3.63) is 87.1 Å². The van der Waals surface area contributed by atoms with Gasteiger partial charge < -0.3 is 15.0 Å². The average molecular weight is 614 g/mol. The number of carbonyl (C=O) groups is 1. The van der Waals surface area contributed by atoms with E-state index in [1.165, 1.54) is 36.7 Å². The Kier molecular flexibility index (Phi) is 7.76. The van der Waals surface area contributed by atoms with Crippen LogP contribution in [0, 0.1) is 9.39 Å². The van der Waals surface area contributed by atoms with Gasteiger partial charge in [-0.25, -0.2) is 9.87 Å². The molecule has 2 heterocycles. The molecule has 0 saturated heterocycles. The van der Waals surface area contributed by atoms with Crippen LogP contribution in [-0.2, 0) is 17.6 Å². The van der Waals surface area contributed by atoms with Crippen molar-refractivity contribution in [1.82, 2.24) is 15.0 Å². The molecule has 0 aliphatic rings. The lowest BCUT2D eigenvalue weighted by atomic mass is 10.1. The number of pyridine rings is 1. The van der Waals surface area contributed by atoms with E-state index >= 15 is 0 Å². The first kappa shape index (κ1) is 25.9. The van der Waals surface area contributed by atoms with E-state index in [0.29, 0.717) is 20.0 Å². The van der Waals surface area contributed by atoms with E-state index in [9.17, 15) is 22.4 Å². The summed E-state index contributed by atoms with van der Waals surface area (Å²) in [5.74, 6) is -1.25. The highest BCUT2D eigenvalue weighted by atomic mass is 127. The lowest BCUT2D eigenvalue weighted by Crippen LogP contribution is -2.28. The van der Waals surface area contributed by atoms with Gasteiger partial charge in [-0.1, -0.05) is 12.1 Å². The van der Waals surface area contributed by atoms with Crippen LogP contribution in [0.5, 0.6) is 0 Å². The quantitative estimate of drug-likeness (QED) is 0.109. The predicted octanol–water partition coefficient (Wildman–Crippen LogP) is 5.24. The van der Waals surface area contributed by atoms with Crippen molar-refractivity contribution in [2.24, 2.45) is 0 Å². The topological polar surface area (TPSA) is 88.4 Å². The van der Waals surface area contributed by atoms with Gasteiger partial charge >= 0.3 is 6.18 Å². The number of nitrogens with zero attached hydrogens (tertiary/aromatic N) is 2. The van der Waals surface area contributed by atoms with E-state index in [2.05, 4.69) is 15.8 Å². The largest absolute Gasteiger partial charge is 0.416 e. The van der Waals surface area contributed by atoms with Gasteiger partial charge in [-0.3, -0.25) is 14.6 Å². The van der Waals surface area contributed by atoms with E-state index in [1.54, 1.807) is 16.7 Å². The molecule has 0 fully saturated rings. The average Bonchev–Trinajstić information content (AvgIpc) is 3.14. The number of alkyl halides is 3. The van der Waals surface area contributed by atoms with Gasteiger partial charge in [-0.05, 0) is 64.6 Å². The van der Waals surface area contributed by atoms with Crippen molar-refractivity contribution >= 4 is 50.8 Å². The molecule has 0 saturated carbocycles. The minimum absolute atomic E-state index is 0.0260. The Hall–Kier alpha value is -3.23. The zero-order valence-corrected chi connectivity index (χ0v) is 20.6. The van der Waals surface area contributed by atoms with Crippen molar-refractivity contribution in [3.8, 4) is 0 Å². The molecule has 0 radical (unpaired) electrons. The maximum atomic E-state index is 14.7. The number of benzene rings is 2. The maximum Gasteiger partial charge on any atom is 0.416 e. The summed E-state index contributed by atoms with van der Waals surface area (Å²) < 4.78 is 55.9. The molecule has 0 aliphatic carbocycles. The second kappa shape index (κ2) is 10.8. The van der Waals surface area contributed by atoms with Gasteiger partial charge in [0.2, 0.25) is 0 Å². The highest BCUT2D eigenvalue weighted by molar-refractivity contribution is 14.1. The second-order valence-electron chi connectivity index (χ2n) is 7.65. The van der Waals surface area contributed by atoms with Crippen molar-refractivity contribution in [1.29, 1.82) is 0 Å². The molecule has 4 aromatic rings. The summed E-state index contributed by atoms with van der Waals surface area (Å²) in [6, 6.07) is 10.8. The smallest absolute Gasteiger partial charge is 0.394 e. The molecule has 0 atom stereocenters. The highest BCUT2D eigenvalue weighted by Crippen LogP contribution is 2.35. The molecule has 36 heavy (non-hydrogen) atoms. The van der Waals surface area contributed by atoms with Crippen LogP contribution in [0.3, 0.4) is 0 Å². The molecule has 2 aromatic heterocycles. The molecule has 2 aromatic carbocycles. The number of rotatable bonds is 8. The Morgan fingerprint density at radius 2 is 1.89 bits per heavy atom. The van der Waals surface area contributed by atoms with Gasteiger partial charge in [0.25, 0.3) is 5.91 Å². The first-order chi connectivity index (χ1) is 17.2. The molecule has 0 unspecified atom stereocenters. The SMILES string of the molecule is O=C(NOCCO)c1c(Nc2ccc(I)cc2F)c2cnccc2n1Cc1ccc(C(F)(F)F)cc1. The number of hydroxylamine groups is 1. The summed E-state index contributed by atoms with van der Waals surface area (Å²) in [5, 5.41) is 12.4. The number of fused-ring (bicyclic) bond motifs is 1. The lowest BCUT2D eigenvalue weighted by molar-refractivity contribution is -0.137. The van der Waals surface area contributed by atoms with Crippen LogP contribution in [0.4, 0.5) is 28.9 Å². The molecule has 7 nitrogen and oxygen atoms in total. The third kappa shape index (κ3) is 5.60.